The van der Waals surface area contributed by atoms with Gasteiger partial charge in [-0.1, -0.05) is 74.5 Å². The Morgan fingerprint density at radius 3 is 2.12 bits per heavy atom. The molecule has 134 valence electrons. The van der Waals surface area contributed by atoms with E-state index in [1.807, 2.05) is 88.4 Å². The first-order chi connectivity index (χ1) is 12.7. The molecule has 0 radical (unpaired) electrons. The van der Waals surface area contributed by atoms with E-state index in [0.717, 1.165) is 21.2 Å². The van der Waals surface area contributed by atoms with Crippen molar-refractivity contribution in [2.75, 3.05) is 0 Å². The van der Waals surface area contributed by atoms with Gasteiger partial charge in [0.25, 0.3) is 0 Å². The highest BCUT2D eigenvalue weighted by Gasteiger charge is 2.14. The maximum absolute atomic E-state index is 10.6. The molecule has 0 amide bonds. The molecule has 0 aliphatic rings. The molecule has 0 aromatic heterocycles. The summed E-state index contributed by atoms with van der Waals surface area (Å²) in [5, 5.41) is 25.0. The van der Waals surface area contributed by atoms with E-state index in [4.69, 9.17) is 0 Å². The maximum atomic E-state index is 10.6. The number of rotatable bonds is 2. The molecule has 0 bridgehead atoms. The summed E-state index contributed by atoms with van der Waals surface area (Å²) in [5.74, 6) is 0.315. The van der Waals surface area contributed by atoms with Crippen LogP contribution in [-0.2, 0) is 0 Å². The second-order valence-electron chi connectivity index (χ2n) is 5.62. The molecule has 0 fully saturated rings. The molecule has 0 saturated carbocycles. The fourth-order valence-corrected chi connectivity index (χ4v) is 3.03. The molecule has 0 heterocycles. The Morgan fingerprint density at radius 2 is 1.42 bits per heavy atom. The average molecular weight is 346 g/mol. The molecule has 3 aromatic carbocycles. The van der Waals surface area contributed by atoms with Crippen LogP contribution in [0.1, 0.15) is 27.7 Å². The predicted molar refractivity (Wildman–Crippen MR) is 113 cm³/mol. The molecule has 3 rings (SSSR count). The van der Waals surface area contributed by atoms with Gasteiger partial charge in [0.05, 0.1) is 0 Å². The number of benzene rings is 3. The zero-order valence-corrected chi connectivity index (χ0v) is 15.8. The monoisotopic (exact) mass is 346 g/mol. The van der Waals surface area contributed by atoms with Crippen LogP contribution in [0.15, 0.2) is 60.7 Å². The Kier molecular flexibility index (Phi) is 6.62. The number of phenolic OH excluding ortho intramolecular Hbond substituents is 2. The van der Waals surface area contributed by atoms with E-state index in [1.165, 1.54) is 0 Å². The quantitative estimate of drug-likeness (QED) is 0.677. The molecule has 0 spiro atoms. The minimum atomic E-state index is 0.156. The summed E-state index contributed by atoms with van der Waals surface area (Å²) in [7, 11) is 0. The first-order valence-electron chi connectivity index (χ1n) is 8.99. The van der Waals surface area contributed by atoms with Gasteiger partial charge >= 0.3 is 0 Å². The minimum absolute atomic E-state index is 0.156. The molecule has 0 saturated heterocycles. The molecule has 2 heteroatoms. The van der Waals surface area contributed by atoms with E-state index in [-0.39, 0.29) is 11.5 Å². The van der Waals surface area contributed by atoms with E-state index in [2.05, 4.69) is 0 Å². The largest absolute Gasteiger partial charge is 0.507 e. The summed E-state index contributed by atoms with van der Waals surface area (Å²) < 4.78 is 0. The normalized spacial score (nSPS) is 12.5. The molecular weight excluding hydrogens is 320 g/mol. The molecule has 2 N–H and O–H groups in total. The number of fused-ring (bicyclic) bond motifs is 1. The standard InChI is InChI=1S/C22H20O2.C2H6/c1-3-5-9-17-15(4-2)11-13-19(23)21(17)22-18-10-7-6-8-16(18)12-14-20(22)24;1-2/h3-14,23-24H,1-2H3;1-2H3/b5-3-,15-4-,17-9+;. The van der Waals surface area contributed by atoms with Crippen molar-refractivity contribution in [3.63, 3.8) is 0 Å². The molecule has 2 nitrogen and oxygen atoms in total. The third kappa shape index (κ3) is 3.65. The lowest BCUT2D eigenvalue weighted by atomic mass is 9.94. The van der Waals surface area contributed by atoms with E-state index in [1.54, 1.807) is 12.1 Å². The van der Waals surface area contributed by atoms with Gasteiger partial charge in [-0.15, -0.1) is 0 Å². The van der Waals surface area contributed by atoms with Crippen LogP contribution in [0.3, 0.4) is 0 Å². The second kappa shape index (κ2) is 8.91. The molecule has 0 unspecified atom stereocenters. The number of allylic oxidation sites excluding steroid dienone is 2. The number of hydrogen-bond donors (Lipinski definition) is 2. The zero-order chi connectivity index (χ0) is 19.1. The van der Waals surface area contributed by atoms with Gasteiger partial charge in [-0.2, -0.15) is 0 Å². The van der Waals surface area contributed by atoms with Crippen molar-refractivity contribution in [3.8, 4) is 22.6 Å². The average Bonchev–Trinajstić information content (AvgIpc) is 2.68. The van der Waals surface area contributed by atoms with E-state index in [9.17, 15) is 10.2 Å². The van der Waals surface area contributed by atoms with Crippen molar-refractivity contribution < 1.29 is 10.2 Å². The summed E-state index contributed by atoms with van der Waals surface area (Å²) in [6.07, 6.45) is 7.84. The summed E-state index contributed by atoms with van der Waals surface area (Å²) in [5.41, 5.74) is 1.31. The van der Waals surface area contributed by atoms with Gasteiger partial charge in [-0.3, -0.25) is 0 Å². The van der Waals surface area contributed by atoms with Crippen molar-refractivity contribution >= 4 is 22.9 Å². The third-order valence-corrected chi connectivity index (χ3v) is 4.18. The maximum Gasteiger partial charge on any atom is 0.124 e. The van der Waals surface area contributed by atoms with Crippen LogP contribution in [0.5, 0.6) is 11.5 Å². The first-order valence-corrected chi connectivity index (χ1v) is 8.99. The Hall–Kier alpha value is -3.00. The van der Waals surface area contributed by atoms with Gasteiger partial charge in [0.1, 0.15) is 11.5 Å². The van der Waals surface area contributed by atoms with Crippen LogP contribution in [-0.4, -0.2) is 10.2 Å². The number of phenols is 2. The Labute approximate surface area is 155 Å². The van der Waals surface area contributed by atoms with Crippen LogP contribution in [0.4, 0.5) is 0 Å². The van der Waals surface area contributed by atoms with Gasteiger partial charge in [0.15, 0.2) is 0 Å². The molecular formula is C24H26O2. The van der Waals surface area contributed by atoms with Crippen LogP contribution >= 0.6 is 0 Å². The lowest BCUT2D eigenvalue weighted by molar-refractivity contribution is 0.469. The second-order valence-corrected chi connectivity index (χ2v) is 5.62. The first kappa shape index (κ1) is 19.3. The fraction of sp³-hybridized carbons (Fsp3) is 0.167. The highest BCUT2D eigenvalue weighted by Crippen LogP contribution is 2.38. The van der Waals surface area contributed by atoms with E-state index < -0.39 is 0 Å². The van der Waals surface area contributed by atoms with Gasteiger partial charge < -0.3 is 10.2 Å². The summed E-state index contributed by atoms with van der Waals surface area (Å²) in [4.78, 5) is 0. The van der Waals surface area contributed by atoms with Gasteiger partial charge in [0, 0.05) is 11.1 Å². The summed E-state index contributed by atoms with van der Waals surface area (Å²) in [6, 6.07) is 15.0. The van der Waals surface area contributed by atoms with Crippen LogP contribution in [0.25, 0.3) is 34.1 Å². The number of aromatic hydroxyl groups is 2. The molecule has 26 heavy (non-hydrogen) atoms. The van der Waals surface area contributed by atoms with E-state index in [0.29, 0.717) is 11.1 Å². The Balaban J connectivity index is 0.00000117. The van der Waals surface area contributed by atoms with Crippen molar-refractivity contribution in [3.05, 3.63) is 71.1 Å². The van der Waals surface area contributed by atoms with Crippen LogP contribution < -0.4 is 10.4 Å². The van der Waals surface area contributed by atoms with E-state index >= 15 is 0 Å². The SMILES string of the molecule is CC.C\C=C/C=c1/c(-c2c(O)ccc3ccccc23)c(O)cc/c1=C/C. The fourth-order valence-electron chi connectivity index (χ4n) is 3.03. The topological polar surface area (TPSA) is 40.5 Å². The van der Waals surface area contributed by atoms with Gasteiger partial charge in [0.2, 0.25) is 0 Å². The van der Waals surface area contributed by atoms with Crippen molar-refractivity contribution in [2.45, 2.75) is 27.7 Å². The summed E-state index contributed by atoms with van der Waals surface area (Å²) in [6.45, 7) is 7.91. The Morgan fingerprint density at radius 1 is 0.769 bits per heavy atom. The van der Waals surface area contributed by atoms with Crippen LogP contribution in [0, 0.1) is 0 Å². The Bertz CT molecular complexity index is 1040. The minimum Gasteiger partial charge on any atom is -0.507 e. The molecule has 0 atom stereocenters. The predicted octanol–water partition coefficient (Wildman–Crippen LogP) is 5.10. The highest BCUT2D eigenvalue weighted by atomic mass is 16.3. The lowest BCUT2D eigenvalue weighted by Gasteiger charge is -2.12. The van der Waals surface area contributed by atoms with Crippen molar-refractivity contribution in [1.82, 2.24) is 0 Å². The molecule has 3 aromatic rings. The van der Waals surface area contributed by atoms with Crippen LogP contribution in [0.2, 0.25) is 0 Å². The van der Waals surface area contributed by atoms with Crippen molar-refractivity contribution in [2.24, 2.45) is 0 Å². The third-order valence-electron chi connectivity index (χ3n) is 4.18. The van der Waals surface area contributed by atoms with Crippen molar-refractivity contribution in [1.29, 1.82) is 0 Å². The molecule has 0 aliphatic heterocycles. The zero-order valence-electron chi connectivity index (χ0n) is 15.8. The summed E-state index contributed by atoms with van der Waals surface area (Å²) >= 11 is 0. The van der Waals surface area contributed by atoms with Gasteiger partial charge in [-0.25, -0.2) is 0 Å². The van der Waals surface area contributed by atoms with Gasteiger partial charge in [-0.05, 0) is 47.2 Å². The highest BCUT2D eigenvalue weighted by molar-refractivity contribution is 6.01. The smallest absolute Gasteiger partial charge is 0.124 e. The molecule has 0 aliphatic carbocycles. The number of hydrogen-bond acceptors (Lipinski definition) is 2. The lowest BCUT2D eigenvalue weighted by Crippen LogP contribution is -2.26.